The standard InChI is InChI=1S/C20H15BrN2O2S/c21-15-6-3-14(4-7-15)19(24)22-16-8-5-13-9-10-23(17(13)12-16)20(25)18-2-1-11-26-18/h1-8,11-12H,9-10H2,(H,22,24). The summed E-state index contributed by atoms with van der Waals surface area (Å²) < 4.78 is 0.925. The monoisotopic (exact) mass is 426 g/mol. The quantitative estimate of drug-likeness (QED) is 0.642. The zero-order chi connectivity index (χ0) is 18.1. The van der Waals surface area contributed by atoms with Crippen LogP contribution in [0.3, 0.4) is 0 Å². The van der Waals surface area contributed by atoms with Gasteiger partial charge in [0, 0.05) is 28.0 Å². The summed E-state index contributed by atoms with van der Waals surface area (Å²) in [5.74, 6) is -0.165. The van der Waals surface area contributed by atoms with Crippen molar-refractivity contribution in [2.75, 3.05) is 16.8 Å². The molecule has 2 aromatic carbocycles. The highest BCUT2D eigenvalue weighted by Crippen LogP contribution is 2.32. The number of amides is 2. The minimum atomic E-state index is -0.174. The molecule has 2 heterocycles. The smallest absolute Gasteiger partial charge is 0.268 e. The molecular formula is C20H15BrN2O2S. The van der Waals surface area contributed by atoms with Crippen LogP contribution in [0.25, 0.3) is 0 Å². The van der Waals surface area contributed by atoms with Crippen molar-refractivity contribution in [3.63, 3.8) is 0 Å². The number of carbonyl (C=O) groups excluding carboxylic acids is 2. The molecule has 26 heavy (non-hydrogen) atoms. The Bertz CT molecular complexity index is 968. The summed E-state index contributed by atoms with van der Waals surface area (Å²) >= 11 is 4.80. The molecule has 0 fully saturated rings. The van der Waals surface area contributed by atoms with Gasteiger partial charge in [0.05, 0.1) is 4.88 Å². The third kappa shape index (κ3) is 3.30. The van der Waals surface area contributed by atoms with Crippen LogP contribution in [-0.2, 0) is 6.42 Å². The molecule has 0 atom stereocenters. The maximum atomic E-state index is 12.7. The molecule has 3 aromatic rings. The number of anilines is 2. The Morgan fingerprint density at radius 1 is 1.08 bits per heavy atom. The van der Waals surface area contributed by atoms with Gasteiger partial charge < -0.3 is 10.2 Å². The van der Waals surface area contributed by atoms with Crippen LogP contribution >= 0.6 is 27.3 Å². The summed E-state index contributed by atoms with van der Waals surface area (Å²) in [4.78, 5) is 27.6. The van der Waals surface area contributed by atoms with Crippen LogP contribution in [0.1, 0.15) is 25.6 Å². The Morgan fingerprint density at radius 2 is 1.88 bits per heavy atom. The second-order valence-electron chi connectivity index (χ2n) is 5.99. The van der Waals surface area contributed by atoms with E-state index >= 15 is 0 Å². The molecule has 1 aliphatic heterocycles. The van der Waals surface area contributed by atoms with Crippen molar-refractivity contribution in [2.45, 2.75) is 6.42 Å². The number of carbonyl (C=O) groups is 2. The summed E-state index contributed by atoms with van der Waals surface area (Å²) in [6.07, 6.45) is 0.827. The van der Waals surface area contributed by atoms with E-state index in [2.05, 4.69) is 21.2 Å². The van der Waals surface area contributed by atoms with E-state index in [9.17, 15) is 9.59 Å². The van der Waals surface area contributed by atoms with Crippen LogP contribution in [0, 0.1) is 0 Å². The van der Waals surface area contributed by atoms with Gasteiger partial charge in [-0.15, -0.1) is 11.3 Å². The normalized spacial score (nSPS) is 12.7. The molecule has 0 radical (unpaired) electrons. The molecule has 2 amide bonds. The summed E-state index contributed by atoms with van der Waals surface area (Å²) in [5, 5.41) is 4.81. The van der Waals surface area contributed by atoms with Gasteiger partial charge in [-0.05, 0) is 59.8 Å². The molecule has 6 heteroatoms. The van der Waals surface area contributed by atoms with Crippen LogP contribution in [0.15, 0.2) is 64.5 Å². The first kappa shape index (κ1) is 17.0. The van der Waals surface area contributed by atoms with E-state index in [1.165, 1.54) is 11.3 Å². The predicted molar refractivity (Wildman–Crippen MR) is 108 cm³/mol. The van der Waals surface area contributed by atoms with E-state index in [1.807, 2.05) is 47.8 Å². The van der Waals surface area contributed by atoms with Crippen LogP contribution in [-0.4, -0.2) is 18.4 Å². The highest BCUT2D eigenvalue weighted by atomic mass is 79.9. The van der Waals surface area contributed by atoms with E-state index in [4.69, 9.17) is 0 Å². The number of nitrogens with zero attached hydrogens (tertiary/aromatic N) is 1. The number of rotatable bonds is 3. The van der Waals surface area contributed by atoms with Gasteiger partial charge in [-0.1, -0.05) is 28.1 Å². The first-order valence-electron chi connectivity index (χ1n) is 8.17. The molecule has 0 unspecified atom stereocenters. The van der Waals surface area contributed by atoms with Gasteiger partial charge in [0.1, 0.15) is 0 Å². The van der Waals surface area contributed by atoms with Crippen molar-refractivity contribution >= 4 is 50.5 Å². The lowest BCUT2D eigenvalue weighted by Crippen LogP contribution is -2.28. The lowest BCUT2D eigenvalue weighted by molar-refractivity contribution is 0.0991. The predicted octanol–water partition coefficient (Wildman–Crippen LogP) is 4.97. The molecular weight excluding hydrogens is 412 g/mol. The molecule has 0 bridgehead atoms. The maximum absolute atomic E-state index is 12.7. The Labute approximate surface area is 163 Å². The second-order valence-corrected chi connectivity index (χ2v) is 7.85. The molecule has 0 saturated heterocycles. The van der Waals surface area contributed by atoms with E-state index in [0.717, 1.165) is 27.0 Å². The average Bonchev–Trinajstić information content (AvgIpc) is 3.31. The first-order valence-corrected chi connectivity index (χ1v) is 9.84. The van der Waals surface area contributed by atoms with Gasteiger partial charge in [0.15, 0.2) is 0 Å². The fourth-order valence-electron chi connectivity index (χ4n) is 3.01. The van der Waals surface area contributed by atoms with Crippen LogP contribution in [0.5, 0.6) is 0 Å². The van der Waals surface area contributed by atoms with Gasteiger partial charge >= 0.3 is 0 Å². The molecule has 1 aliphatic rings. The summed E-state index contributed by atoms with van der Waals surface area (Å²) in [6.45, 7) is 0.663. The first-order chi connectivity index (χ1) is 12.6. The zero-order valence-electron chi connectivity index (χ0n) is 13.7. The molecule has 1 aromatic heterocycles. The molecule has 1 N–H and O–H groups in total. The zero-order valence-corrected chi connectivity index (χ0v) is 16.1. The van der Waals surface area contributed by atoms with Gasteiger partial charge in [-0.2, -0.15) is 0 Å². The third-order valence-corrected chi connectivity index (χ3v) is 5.71. The largest absolute Gasteiger partial charge is 0.322 e. The van der Waals surface area contributed by atoms with Crippen molar-refractivity contribution in [3.05, 3.63) is 80.5 Å². The second kappa shape index (κ2) is 7.05. The number of hydrogen-bond acceptors (Lipinski definition) is 3. The lowest BCUT2D eigenvalue weighted by atomic mass is 10.1. The summed E-state index contributed by atoms with van der Waals surface area (Å²) in [7, 11) is 0. The maximum Gasteiger partial charge on any atom is 0.268 e. The van der Waals surface area contributed by atoms with Gasteiger partial charge in [-0.3, -0.25) is 9.59 Å². The van der Waals surface area contributed by atoms with Crippen molar-refractivity contribution in [1.82, 2.24) is 0 Å². The Balaban J connectivity index is 1.57. The number of thiophene rings is 1. The SMILES string of the molecule is O=C(Nc1ccc2c(c1)N(C(=O)c1cccs1)CC2)c1ccc(Br)cc1. The Morgan fingerprint density at radius 3 is 2.62 bits per heavy atom. The van der Waals surface area contributed by atoms with Gasteiger partial charge in [0.2, 0.25) is 0 Å². The van der Waals surface area contributed by atoms with E-state index in [0.29, 0.717) is 17.8 Å². The number of benzene rings is 2. The van der Waals surface area contributed by atoms with Crippen molar-refractivity contribution in [3.8, 4) is 0 Å². The number of halogens is 1. The van der Waals surface area contributed by atoms with Crippen molar-refractivity contribution in [2.24, 2.45) is 0 Å². The minimum Gasteiger partial charge on any atom is -0.322 e. The average molecular weight is 427 g/mol. The topological polar surface area (TPSA) is 49.4 Å². The molecule has 4 nitrogen and oxygen atoms in total. The fraction of sp³-hybridized carbons (Fsp3) is 0.100. The number of hydrogen-bond donors (Lipinski definition) is 1. The highest BCUT2D eigenvalue weighted by Gasteiger charge is 2.26. The van der Waals surface area contributed by atoms with Gasteiger partial charge in [-0.25, -0.2) is 0 Å². The summed E-state index contributed by atoms with van der Waals surface area (Å²) in [6, 6.07) is 16.7. The fourth-order valence-corrected chi connectivity index (χ4v) is 3.94. The van der Waals surface area contributed by atoms with Gasteiger partial charge in [0.25, 0.3) is 11.8 Å². The third-order valence-electron chi connectivity index (χ3n) is 4.32. The lowest BCUT2D eigenvalue weighted by Gasteiger charge is -2.17. The molecule has 0 aliphatic carbocycles. The highest BCUT2D eigenvalue weighted by molar-refractivity contribution is 9.10. The van der Waals surface area contributed by atoms with Crippen molar-refractivity contribution in [1.29, 1.82) is 0 Å². The molecule has 0 spiro atoms. The number of fused-ring (bicyclic) bond motifs is 1. The van der Waals surface area contributed by atoms with E-state index < -0.39 is 0 Å². The molecule has 0 saturated carbocycles. The Kier molecular flexibility index (Phi) is 4.61. The molecule has 4 rings (SSSR count). The van der Waals surface area contributed by atoms with E-state index in [-0.39, 0.29) is 11.8 Å². The molecule has 130 valence electrons. The van der Waals surface area contributed by atoms with Crippen LogP contribution < -0.4 is 10.2 Å². The van der Waals surface area contributed by atoms with E-state index in [1.54, 1.807) is 17.0 Å². The number of nitrogens with one attached hydrogen (secondary N) is 1. The Hall–Kier alpha value is -2.44. The van der Waals surface area contributed by atoms with Crippen LogP contribution in [0.4, 0.5) is 11.4 Å². The van der Waals surface area contributed by atoms with Crippen molar-refractivity contribution < 1.29 is 9.59 Å². The van der Waals surface area contributed by atoms with Crippen LogP contribution in [0.2, 0.25) is 0 Å². The summed E-state index contributed by atoms with van der Waals surface area (Å²) in [5.41, 5.74) is 3.26. The minimum absolute atomic E-state index is 0.00939.